The number of methoxy groups -OCH3 is 1. The molecule has 0 unspecified atom stereocenters. The van der Waals surface area contributed by atoms with Crippen molar-refractivity contribution in [3.8, 4) is 11.5 Å². The second kappa shape index (κ2) is 16.1. The summed E-state index contributed by atoms with van der Waals surface area (Å²) in [5.41, 5.74) is 1.65. The summed E-state index contributed by atoms with van der Waals surface area (Å²) in [7, 11) is -1.69. The molecule has 2 saturated heterocycles. The fraction of sp³-hybridized carbons (Fsp3) is 0.576. The molecule has 3 fully saturated rings. The molecule has 0 aromatic heterocycles. The van der Waals surface area contributed by atoms with Crippen molar-refractivity contribution in [2.75, 3.05) is 44.3 Å². The van der Waals surface area contributed by atoms with Gasteiger partial charge in [0.2, 0.25) is 21.8 Å². The Kier molecular flexibility index (Phi) is 12.5. The molecule has 2 amide bonds. The van der Waals surface area contributed by atoms with E-state index in [-0.39, 0.29) is 30.1 Å². The molecule has 2 N–H and O–H groups in total. The minimum absolute atomic E-state index is 0. The highest BCUT2D eigenvalue weighted by Gasteiger charge is 2.45. The fourth-order valence-corrected chi connectivity index (χ4v) is 7.47. The van der Waals surface area contributed by atoms with Crippen LogP contribution in [-0.4, -0.2) is 81.7 Å². The summed E-state index contributed by atoms with van der Waals surface area (Å²) >= 11 is 0. The van der Waals surface area contributed by atoms with E-state index in [2.05, 4.69) is 14.9 Å². The molecule has 2 aliphatic heterocycles. The van der Waals surface area contributed by atoms with Crippen LogP contribution in [0.5, 0.6) is 11.5 Å². The highest BCUT2D eigenvalue weighted by atomic mass is 35.5. The maximum atomic E-state index is 13.6. The van der Waals surface area contributed by atoms with Crippen molar-refractivity contribution in [1.82, 2.24) is 15.1 Å². The number of anilines is 1. The number of nitrogens with zero attached hydrogens (tertiary/aromatic N) is 2. The van der Waals surface area contributed by atoms with Crippen molar-refractivity contribution in [2.45, 2.75) is 70.0 Å². The molecule has 2 aromatic carbocycles. The molecule has 0 radical (unpaired) electrons. The highest BCUT2D eigenvalue weighted by molar-refractivity contribution is 7.92. The first kappa shape index (κ1) is 35.0. The standard InChI is InChI=1S/C33H46N4O6S.ClH/c1-42-21-20-37-31(32(38)34-30(33(37)39)22-24-6-4-3-5-7-24)26-16-18-36(19-17-26)23-25-8-12-28(13-9-25)43-29-14-10-27(11-15-29)35-44(2,40)41;/h8-15,24,26,30-31,35H,3-7,16-23H2,1-2H3,(H,34,38);1H/t30-,31-;/m0./s1. The van der Waals surface area contributed by atoms with Crippen LogP contribution in [0.25, 0.3) is 0 Å². The van der Waals surface area contributed by atoms with Gasteiger partial charge in [0.25, 0.3) is 0 Å². The van der Waals surface area contributed by atoms with Gasteiger partial charge >= 0.3 is 0 Å². The summed E-state index contributed by atoms with van der Waals surface area (Å²) < 4.78 is 36.5. The van der Waals surface area contributed by atoms with Crippen LogP contribution in [0.1, 0.15) is 56.9 Å². The second-order valence-electron chi connectivity index (χ2n) is 12.5. The predicted molar refractivity (Wildman–Crippen MR) is 177 cm³/mol. The molecule has 3 aliphatic rings. The number of carbonyl (C=O) groups excluding carboxylic acids is 2. The number of piperazine rings is 1. The molecule has 45 heavy (non-hydrogen) atoms. The van der Waals surface area contributed by atoms with Crippen molar-refractivity contribution in [1.29, 1.82) is 0 Å². The van der Waals surface area contributed by atoms with Gasteiger partial charge < -0.3 is 19.7 Å². The number of ether oxygens (including phenoxy) is 2. The van der Waals surface area contributed by atoms with Crippen molar-refractivity contribution in [3.63, 3.8) is 0 Å². The Morgan fingerprint density at radius 1 is 0.911 bits per heavy atom. The van der Waals surface area contributed by atoms with Gasteiger partial charge in [0.15, 0.2) is 0 Å². The topological polar surface area (TPSA) is 117 Å². The molecule has 12 heteroatoms. The van der Waals surface area contributed by atoms with Crippen LogP contribution in [-0.2, 0) is 30.9 Å². The third-order valence-electron chi connectivity index (χ3n) is 9.13. The second-order valence-corrected chi connectivity index (χ2v) is 14.3. The van der Waals surface area contributed by atoms with E-state index in [4.69, 9.17) is 9.47 Å². The van der Waals surface area contributed by atoms with Crippen molar-refractivity contribution >= 4 is 39.9 Å². The number of rotatable bonds is 12. The van der Waals surface area contributed by atoms with Gasteiger partial charge in [-0.15, -0.1) is 12.4 Å². The monoisotopic (exact) mass is 662 g/mol. The molecule has 5 rings (SSSR count). The molecule has 2 aromatic rings. The Balaban J connectivity index is 0.00000461. The van der Waals surface area contributed by atoms with Crippen LogP contribution in [0.2, 0.25) is 0 Å². The van der Waals surface area contributed by atoms with E-state index >= 15 is 0 Å². The Labute approximate surface area is 273 Å². The number of halogens is 1. The Morgan fingerprint density at radius 2 is 1.53 bits per heavy atom. The maximum Gasteiger partial charge on any atom is 0.245 e. The number of piperidine rings is 1. The lowest BCUT2D eigenvalue weighted by molar-refractivity contribution is -0.153. The maximum absolute atomic E-state index is 13.6. The SMILES string of the molecule is COCCN1C(=O)[C@H](CC2CCCCC2)NC(=O)[C@@H]1C1CCN(Cc2ccc(Oc3ccc(NS(C)(=O)=O)cc3)cc2)CC1.Cl. The van der Waals surface area contributed by atoms with E-state index in [9.17, 15) is 18.0 Å². The molecule has 248 valence electrons. The number of sulfonamides is 1. The summed E-state index contributed by atoms with van der Waals surface area (Å²) in [6, 6.07) is 13.9. The summed E-state index contributed by atoms with van der Waals surface area (Å²) in [6.45, 7) is 3.39. The number of benzene rings is 2. The number of hydrogen-bond donors (Lipinski definition) is 2. The highest BCUT2D eigenvalue weighted by Crippen LogP contribution is 2.32. The van der Waals surface area contributed by atoms with Crippen molar-refractivity contribution < 1.29 is 27.5 Å². The Hall–Kier alpha value is -2.86. The quantitative estimate of drug-likeness (QED) is 0.336. The molecule has 0 bridgehead atoms. The molecule has 1 aliphatic carbocycles. The molecule has 2 atom stereocenters. The van der Waals surface area contributed by atoms with E-state index in [1.165, 1.54) is 24.8 Å². The zero-order chi connectivity index (χ0) is 31.1. The predicted octanol–water partition coefficient (Wildman–Crippen LogP) is 4.80. The number of nitrogens with one attached hydrogen (secondary N) is 2. The van der Waals surface area contributed by atoms with Crippen LogP contribution in [0.4, 0.5) is 5.69 Å². The van der Waals surface area contributed by atoms with Gasteiger partial charge in [-0.25, -0.2) is 8.42 Å². The van der Waals surface area contributed by atoms with Crippen LogP contribution in [0.15, 0.2) is 48.5 Å². The fourth-order valence-electron chi connectivity index (χ4n) is 6.91. The Bertz CT molecular complexity index is 1360. The summed E-state index contributed by atoms with van der Waals surface area (Å²) in [6.07, 6.45) is 9.57. The van der Waals surface area contributed by atoms with Crippen LogP contribution < -0.4 is 14.8 Å². The van der Waals surface area contributed by atoms with Crippen LogP contribution >= 0.6 is 12.4 Å². The van der Waals surface area contributed by atoms with E-state index < -0.39 is 22.1 Å². The van der Waals surface area contributed by atoms with Gasteiger partial charge in [-0.3, -0.25) is 19.2 Å². The van der Waals surface area contributed by atoms with Crippen LogP contribution in [0, 0.1) is 11.8 Å². The van der Waals surface area contributed by atoms with Gasteiger partial charge in [0.05, 0.1) is 12.9 Å². The van der Waals surface area contributed by atoms with Crippen LogP contribution in [0.3, 0.4) is 0 Å². The third kappa shape index (κ3) is 9.81. The molecule has 0 spiro atoms. The lowest BCUT2D eigenvalue weighted by Crippen LogP contribution is -2.66. The zero-order valence-corrected chi connectivity index (χ0v) is 27.9. The average Bonchev–Trinajstić information content (AvgIpc) is 3.00. The van der Waals surface area contributed by atoms with Gasteiger partial charge in [-0.2, -0.15) is 0 Å². The number of carbonyl (C=O) groups is 2. The zero-order valence-electron chi connectivity index (χ0n) is 26.3. The van der Waals surface area contributed by atoms with Crippen molar-refractivity contribution in [3.05, 3.63) is 54.1 Å². The summed E-state index contributed by atoms with van der Waals surface area (Å²) in [5.74, 6) is 2.00. The smallest absolute Gasteiger partial charge is 0.245 e. The third-order valence-corrected chi connectivity index (χ3v) is 9.74. The van der Waals surface area contributed by atoms with Gasteiger partial charge in [-0.05, 0) is 86.1 Å². The lowest BCUT2D eigenvalue weighted by atomic mass is 9.82. The van der Waals surface area contributed by atoms with E-state index in [1.54, 1.807) is 31.4 Å². The van der Waals surface area contributed by atoms with Gasteiger partial charge in [0.1, 0.15) is 23.6 Å². The largest absolute Gasteiger partial charge is 0.457 e. The normalized spacial score (nSPS) is 22.0. The van der Waals surface area contributed by atoms with Gasteiger partial charge in [-0.1, -0.05) is 44.2 Å². The lowest BCUT2D eigenvalue weighted by Gasteiger charge is -2.45. The first-order valence-electron chi connectivity index (χ1n) is 15.9. The average molecular weight is 663 g/mol. The summed E-state index contributed by atoms with van der Waals surface area (Å²) in [5, 5.41) is 3.13. The first-order valence-corrected chi connectivity index (χ1v) is 17.7. The van der Waals surface area contributed by atoms with Gasteiger partial charge in [0, 0.05) is 25.9 Å². The minimum atomic E-state index is -3.33. The Morgan fingerprint density at radius 3 is 2.13 bits per heavy atom. The number of amides is 2. The molecule has 10 nitrogen and oxygen atoms in total. The molecule has 1 saturated carbocycles. The van der Waals surface area contributed by atoms with E-state index in [0.717, 1.165) is 58.0 Å². The van der Waals surface area contributed by atoms with Crippen molar-refractivity contribution in [2.24, 2.45) is 11.8 Å². The number of hydrogen-bond acceptors (Lipinski definition) is 7. The van der Waals surface area contributed by atoms with E-state index in [1.807, 2.05) is 29.2 Å². The summed E-state index contributed by atoms with van der Waals surface area (Å²) in [4.78, 5) is 31.3. The first-order chi connectivity index (χ1) is 21.2. The van der Waals surface area contributed by atoms with E-state index in [0.29, 0.717) is 36.3 Å². The molecule has 2 heterocycles. The molecular formula is C33H47ClN4O6S. The minimum Gasteiger partial charge on any atom is -0.457 e. The number of likely N-dealkylation sites (tertiary alicyclic amines) is 1. The molecular weight excluding hydrogens is 616 g/mol.